The monoisotopic (exact) mass is 326 g/mol. The van der Waals surface area contributed by atoms with Crippen LogP contribution < -0.4 is 0 Å². The summed E-state index contributed by atoms with van der Waals surface area (Å²) in [4.78, 5) is 1.28. The molecule has 2 heterocycles. The van der Waals surface area contributed by atoms with Crippen molar-refractivity contribution in [1.29, 1.82) is 0 Å². The summed E-state index contributed by atoms with van der Waals surface area (Å²) in [6.45, 7) is 0. The normalized spacial score (nSPS) is 13.1. The van der Waals surface area contributed by atoms with Crippen molar-refractivity contribution in [3.63, 3.8) is 0 Å². The molecule has 0 radical (unpaired) electrons. The van der Waals surface area contributed by atoms with Crippen molar-refractivity contribution in [2.45, 2.75) is 4.83 Å². The molecule has 2 aromatic rings. The summed E-state index contributed by atoms with van der Waals surface area (Å²) < 4.78 is 0.803. The molecule has 14 heavy (non-hydrogen) atoms. The molecule has 0 bridgehead atoms. The molecule has 0 saturated carbocycles. The summed E-state index contributed by atoms with van der Waals surface area (Å²) >= 11 is 18.7. The molecule has 0 amide bonds. The molecule has 1 unspecified atom stereocenters. The largest absolute Gasteiger partial charge is 0.146 e. The van der Waals surface area contributed by atoms with Crippen molar-refractivity contribution in [3.8, 4) is 0 Å². The number of hydrogen-bond donors (Lipinski definition) is 0. The van der Waals surface area contributed by atoms with Gasteiger partial charge in [0.25, 0.3) is 0 Å². The van der Waals surface area contributed by atoms with E-state index in [0.29, 0.717) is 0 Å². The van der Waals surface area contributed by atoms with E-state index in [9.17, 15) is 0 Å². The van der Waals surface area contributed by atoms with Gasteiger partial charge in [0.2, 0.25) is 0 Å². The zero-order valence-corrected chi connectivity index (χ0v) is 11.6. The Morgan fingerprint density at radius 3 is 2.57 bits per heavy atom. The number of alkyl halides is 1. The molecule has 1 atom stereocenters. The lowest BCUT2D eigenvalue weighted by Gasteiger charge is -2.05. The van der Waals surface area contributed by atoms with Crippen LogP contribution in [0.25, 0.3) is 0 Å². The predicted octanol–water partition coefficient (Wildman–Crippen LogP) is 5.60. The second-order valence-electron chi connectivity index (χ2n) is 2.68. The van der Waals surface area contributed by atoms with E-state index in [2.05, 4.69) is 15.9 Å². The van der Waals surface area contributed by atoms with Gasteiger partial charge in [0.1, 0.15) is 0 Å². The molecule has 74 valence electrons. The third kappa shape index (κ3) is 2.17. The third-order valence-electron chi connectivity index (χ3n) is 1.76. The summed E-state index contributed by atoms with van der Waals surface area (Å²) in [7, 11) is 0. The highest BCUT2D eigenvalue weighted by Gasteiger charge is 2.16. The first-order valence-electron chi connectivity index (χ1n) is 3.79. The van der Waals surface area contributed by atoms with Crippen LogP contribution in [0.2, 0.25) is 9.36 Å². The predicted molar refractivity (Wildman–Crippen MR) is 69.4 cm³/mol. The average Bonchev–Trinajstić information content (AvgIpc) is 2.73. The first-order valence-corrected chi connectivity index (χ1v) is 7.22. The highest BCUT2D eigenvalue weighted by Crippen LogP contribution is 2.40. The second-order valence-corrected chi connectivity index (χ2v) is 6.49. The van der Waals surface area contributed by atoms with Gasteiger partial charge in [0, 0.05) is 4.88 Å². The molecule has 2 rings (SSSR count). The van der Waals surface area contributed by atoms with Crippen molar-refractivity contribution in [2.75, 3.05) is 0 Å². The molecule has 0 nitrogen and oxygen atoms in total. The van der Waals surface area contributed by atoms with E-state index >= 15 is 0 Å². The molecule has 2 aromatic heterocycles. The molecule has 0 N–H and O–H groups in total. The maximum absolute atomic E-state index is 6.04. The van der Waals surface area contributed by atoms with E-state index in [-0.39, 0.29) is 4.83 Å². The molecular weight excluding hydrogens is 323 g/mol. The lowest BCUT2D eigenvalue weighted by Crippen LogP contribution is -1.86. The van der Waals surface area contributed by atoms with Crippen molar-refractivity contribution in [2.24, 2.45) is 0 Å². The Morgan fingerprint density at radius 1 is 1.29 bits per heavy atom. The molecule has 0 aromatic carbocycles. The van der Waals surface area contributed by atoms with Gasteiger partial charge in [-0.15, -0.1) is 22.7 Å². The van der Waals surface area contributed by atoms with E-state index in [4.69, 9.17) is 23.2 Å². The van der Waals surface area contributed by atoms with E-state index in [0.717, 1.165) is 19.8 Å². The summed E-state index contributed by atoms with van der Waals surface area (Å²) in [5.74, 6) is 0. The van der Waals surface area contributed by atoms with Crippen molar-refractivity contribution >= 4 is 61.8 Å². The Kier molecular flexibility index (Phi) is 3.55. The molecule has 0 fully saturated rings. The number of rotatable bonds is 2. The van der Waals surface area contributed by atoms with Crippen LogP contribution in [0.4, 0.5) is 0 Å². The maximum Gasteiger partial charge on any atom is 0.0931 e. The van der Waals surface area contributed by atoms with Gasteiger partial charge in [-0.25, -0.2) is 0 Å². The van der Waals surface area contributed by atoms with Gasteiger partial charge in [-0.2, -0.15) is 0 Å². The van der Waals surface area contributed by atoms with Crippen LogP contribution in [-0.4, -0.2) is 0 Å². The number of hydrogen-bond acceptors (Lipinski definition) is 2. The molecule has 0 saturated heterocycles. The molecular formula is C9H5BrCl2S2. The van der Waals surface area contributed by atoms with Gasteiger partial charge in [0.05, 0.1) is 14.2 Å². The zero-order chi connectivity index (χ0) is 10.1. The fourth-order valence-corrected chi connectivity index (χ4v) is 4.32. The quantitative estimate of drug-likeness (QED) is 0.630. The average molecular weight is 328 g/mol. The number of halogens is 3. The van der Waals surface area contributed by atoms with Crippen molar-refractivity contribution in [1.82, 2.24) is 0 Å². The van der Waals surface area contributed by atoms with Crippen molar-refractivity contribution in [3.05, 3.63) is 42.7 Å². The molecule has 0 aliphatic heterocycles. The van der Waals surface area contributed by atoms with Crippen LogP contribution in [0.15, 0.2) is 22.9 Å². The highest BCUT2D eigenvalue weighted by molar-refractivity contribution is 9.09. The topological polar surface area (TPSA) is 0 Å². The molecule has 0 spiro atoms. The Morgan fingerprint density at radius 2 is 2.07 bits per heavy atom. The maximum atomic E-state index is 6.04. The fraction of sp³-hybridized carbons (Fsp3) is 0.111. The summed E-state index contributed by atoms with van der Waals surface area (Å²) in [6, 6.07) is 3.87. The number of thiophene rings is 2. The Bertz CT molecular complexity index is 435. The summed E-state index contributed by atoms with van der Waals surface area (Å²) in [5.41, 5.74) is 1.16. The SMILES string of the molecule is Clc1cc(C(Br)c2sccc2Cl)cs1. The van der Waals surface area contributed by atoms with Crippen LogP contribution in [0.3, 0.4) is 0 Å². The lowest BCUT2D eigenvalue weighted by atomic mass is 10.2. The van der Waals surface area contributed by atoms with Crippen LogP contribution in [0.5, 0.6) is 0 Å². The molecule has 0 aliphatic carbocycles. The van der Waals surface area contributed by atoms with E-state index in [1.165, 1.54) is 11.3 Å². The Hall–Kier alpha value is 0.460. The van der Waals surface area contributed by atoms with Crippen LogP contribution in [-0.2, 0) is 0 Å². The fourth-order valence-electron chi connectivity index (χ4n) is 1.09. The van der Waals surface area contributed by atoms with E-state index < -0.39 is 0 Å². The van der Waals surface area contributed by atoms with Crippen molar-refractivity contribution < 1.29 is 0 Å². The van der Waals surface area contributed by atoms with Crippen LogP contribution in [0.1, 0.15) is 15.3 Å². The summed E-state index contributed by atoms with van der Waals surface area (Å²) in [6.07, 6.45) is 0. The first-order chi connectivity index (χ1) is 6.68. The van der Waals surface area contributed by atoms with Gasteiger partial charge < -0.3 is 0 Å². The first kappa shape index (κ1) is 11.0. The minimum absolute atomic E-state index is 0.152. The Balaban J connectivity index is 2.33. The van der Waals surface area contributed by atoms with Gasteiger partial charge in [0.15, 0.2) is 0 Å². The molecule has 5 heteroatoms. The minimum Gasteiger partial charge on any atom is -0.146 e. The third-order valence-corrected chi connectivity index (χ3v) is 5.58. The minimum atomic E-state index is 0.152. The summed E-state index contributed by atoms with van der Waals surface area (Å²) in [5, 5.41) is 4.83. The Labute approximate surface area is 109 Å². The van der Waals surface area contributed by atoms with Gasteiger partial charge >= 0.3 is 0 Å². The van der Waals surface area contributed by atoms with Gasteiger partial charge in [-0.3, -0.25) is 0 Å². The van der Waals surface area contributed by atoms with Crippen LogP contribution in [0, 0.1) is 0 Å². The van der Waals surface area contributed by atoms with Gasteiger partial charge in [-0.05, 0) is 28.5 Å². The zero-order valence-electron chi connectivity index (χ0n) is 6.84. The highest BCUT2D eigenvalue weighted by atomic mass is 79.9. The smallest absolute Gasteiger partial charge is 0.0931 e. The molecule has 0 aliphatic rings. The van der Waals surface area contributed by atoms with E-state index in [1.54, 1.807) is 11.3 Å². The van der Waals surface area contributed by atoms with Crippen LogP contribution >= 0.6 is 61.8 Å². The van der Waals surface area contributed by atoms with E-state index in [1.807, 2.05) is 22.9 Å². The van der Waals surface area contributed by atoms with Gasteiger partial charge in [-0.1, -0.05) is 39.1 Å². The lowest BCUT2D eigenvalue weighted by molar-refractivity contribution is 1.25. The second kappa shape index (κ2) is 4.54. The standard InChI is InChI=1S/C9H5BrCl2S2/c10-8(5-3-7(12)14-4-5)9-6(11)1-2-13-9/h1-4,8H.